The predicted molar refractivity (Wildman–Crippen MR) is 95.2 cm³/mol. The van der Waals surface area contributed by atoms with Gasteiger partial charge in [0.2, 0.25) is 5.91 Å². The maximum Gasteiger partial charge on any atom is 0.242 e. The van der Waals surface area contributed by atoms with E-state index < -0.39 is 0 Å². The molecule has 7 nitrogen and oxygen atoms in total. The van der Waals surface area contributed by atoms with Crippen LogP contribution >= 0.6 is 0 Å². The van der Waals surface area contributed by atoms with Crippen molar-refractivity contribution in [2.24, 2.45) is 0 Å². The van der Waals surface area contributed by atoms with E-state index in [2.05, 4.69) is 34.1 Å². The van der Waals surface area contributed by atoms with E-state index in [1.54, 1.807) is 6.20 Å². The lowest BCUT2D eigenvalue weighted by molar-refractivity contribution is -0.124. The Morgan fingerprint density at radius 2 is 2.25 bits per heavy atom. The van der Waals surface area contributed by atoms with Gasteiger partial charge in [-0.3, -0.25) is 9.69 Å². The fourth-order valence-corrected chi connectivity index (χ4v) is 2.95. The molecule has 7 heteroatoms. The highest BCUT2D eigenvalue weighted by atomic mass is 16.5. The number of likely N-dealkylation sites (N-methyl/N-ethyl adjacent to an activating group) is 1. The number of nitrogens with zero attached hydrogens (tertiary/aromatic N) is 4. The molecule has 136 valence electrons. The van der Waals surface area contributed by atoms with Crippen molar-refractivity contribution >= 4 is 11.7 Å². The molecule has 1 fully saturated rings. The van der Waals surface area contributed by atoms with Gasteiger partial charge >= 0.3 is 0 Å². The molecule has 3 atom stereocenters. The number of nitrogens with one attached hydrogen (secondary N) is 1. The topological polar surface area (TPSA) is 62.6 Å². The van der Waals surface area contributed by atoms with E-state index in [4.69, 9.17) is 4.74 Å². The maximum atomic E-state index is 12.7. The van der Waals surface area contributed by atoms with Crippen LogP contribution in [0.25, 0.3) is 0 Å². The van der Waals surface area contributed by atoms with Crippen molar-refractivity contribution in [3.05, 3.63) is 12.3 Å². The third-order valence-electron chi connectivity index (χ3n) is 4.60. The van der Waals surface area contributed by atoms with E-state index in [0.717, 1.165) is 31.9 Å². The molecule has 0 spiro atoms. The van der Waals surface area contributed by atoms with Crippen LogP contribution in [0.15, 0.2) is 12.3 Å². The monoisotopic (exact) mass is 337 g/mol. The van der Waals surface area contributed by atoms with Gasteiger partial charge in [-0.2, -0.15) is 5.10 Å². The van der Waals surface area contributed by atoms with Gasteiger partial charge in [0.05, 0.1) is 31.0 Å². The second-order valence-corrected chi connectivity index (χ2v) is 6.83. The Bertz CT molecular complexity index is 531. The van der Waals surface area contributed by atoms with Crippen LogP contribution in [0, 0.1) is 0 Å². The van der Waals surface area contributed by atoms with E-state index in [9.17, 15) is 4.79 Å². The van der Waals surface area contributed by atoms with Crippen LogP contribution in [0.5, 0.6) is 0 Å². The lowest BCUT2D eigenvalue weighted by Gasteiger charge is -2.37. The van der Waals surface area contributed by atoms with Crippen molar-refractivity contribution in [3.8, 4) is 0 Å². The summed E-state index contributed by atoms with van der Waals surface area (Å²) in [6.07, 6.45) is 2.85. The lowest BCUT2D eigenvalue weighted by Crippen LogP contribution is -2.52. The Morgan fingerprint density at radius 3 is 2.92 bits per heavy atom. The minimum atomic E-state index is -0.196. The molecule has 2 heterocycles. The van der Waals surface area contributed by atoms with Gasteiger partial charge < -0.3 is 15.0 Å². The Morgan fingerprint density at radius 1 is 1.50 bits per heavy atom. The first kappa shape index (κ1) is 18.9. The molecule has 1 aromatic heterocycles. The summed E-state index contributed by atoms with van der Waals surface area (Å²) in [5.74, 6) is 0.768. The van der Waals surface area contributed by atoms with Crippen molar-refractivity contribution in [3.63, 3.8) is 0 Å². The molecule has 1 aromatic rings. The molecule has 0 aliphatic carbocycles. The SMILES string of the molecule is CC[C@H](C)n1nccc1NC(=O)[C@H](C)N1CCO[C@H](CN(C)C)C1. The van der Waals surface area contributed by atoms with Gasteiger partial charge in [-0.25, -0.2) is 4.68 Å². The highest BCUT2D eigenvalue weighted by molar-refractivity contribution is 5.93. The quantitative estimate of drug-likeness (QED) is 0.816. The van der Waals surface area contributed by atoms with Crippen LogP contribution in [0.1, 0.15) is 33.2 Å². The average Bonchev–Trinajstić information content (AvgIpc) is 3.01. The summed E-state index contributed by atoms with van der Waals surface area (Å²) >= 11 is 0. The van der Waals surface area contributed by atoms with E-state index >= 15 is 0 Å². The highest BCUT2D eigenvalue weighted by Crippen LogP contribution is 2.17. The third-order valence-corrected chi connectivity index (χ3v) is 4.60. The van der Waals surface area contributed by atoms with Gasteiger partial charge in [-0.1, -0.05) is 6.92 Å². The zero-order valence-corrected chi connectivity index (χ0v) is 15.5. The molecule has 1 saturated heterocycles. The van der Waals surface area contributed by atoms with Crippen LogP contribution in [0.4, 0.5) is 5.82 Å². The first-order chi connectivity index (χ1) is 11.4. The van der Waals surface area contributed by atoms with Crippen molar-refractivity contribution in [2.75, 3.05) is 45.7 Å². The summed E-state index contributed by atoms with van der Waals surface area (Å²) in [5, 5.41) is 7.35. The smallest absolute Gasteiger partial charge is 0.242 e. The van der Waals surface area contributed by atoms with Gasteiger partial charge in [0.15, 0.2) is 0 Å². The molecule has 0 aromatic carbocycles. The maximum absolute atomic E-state index is 12.7. The summed E-state index contributed by atoms with van der Waals surface area (Å²) in [4.78, 5) is 17.0. The van der Waals surface area contributed by atoms with Crippen LogP contribution in [0.2, 0.25) is 0 Å². The molecule has 1 amide bonds. The normalized spacial score (nSPS) is 21.7. The highest BCUT2D eigenvalue weighted by Gasteiger charge is 2.28. The van der Waals surface area contributed by atoms with Gasteiger partial charge in [0.1, 0.15) is 5.82 Å². The van der Waals surface area contributed by atoms with Crippen LogP contribution in [-0.2, 0) is 9.53 Å². The van der Waals surface area contributed by atoms with Gasteiger partial charge in [-0.05, 0) is 34.4 Å². The molecule has 2 rings (SSSR count). The first-order valence-corrected chi connectivity index (χ1v) is 8.77. The molecule has 0 unspecified atom stereocenters. The minimum Gasteiger partial charge on any atom is -0.374 e. The molecule has 24 heavy (non-hydrogen) atoms. The number of rotatable bonds is 7. The number of morpholine rings is 1. The first-order valence-electron chi connectivity index (χ1n) is 8.77. The molecule has 0 saturated carbocycles. The zero-order valence-electron chi connectivity index (χ0n) is 15.5. The number of anilines is 1. The van der Waals surface area contributed by atoms with E-state index in [1.807, 2.05) is 31.8 Å². The Kier molecular flexibility index (Phi) is 6.77. The predicted octanol–water partition coefficient (Wildman–Crippen LogP) is 1.44. The average molecular weight is 337 g/mol. The second-order valence-electron chi connectivity index (χ2n) is 6.83. The number of ether oxygens (including phenoxy) is 1. The standard InChI is InChI=1S/C17H31N5O2/c1-6-13(2)22-16(7-8-18-22)19-17(23)14(3)21-9-10-24-15(12-21)11-20(4)5/h7-8,13-15H,6,9-12H2,1-5H3,(H,19,23)/t13-,14-,15+/m0/s1. The molecule has 1 aliphatic heterocycles. The van der Waals surface area contributed by atoms with Crippen molar-refractivity contribution in [1.29, 1.82) is 0 Å². The molecular weight excluding hydrogens is 306 g/mol. The Balaban J connectivity index is 1.96. The second kappa shape index (κ2) is 8.60. The third kappa shape index (κ3) is 4.78. The molecule has 0 radical (unpaired) electrons. The van der Waals surface area contributed by atoms with Crippen molar-refractivity contribution in [2.45, 2.75) is 45.4 Å². The largest absolute Gasteiger partial charge is 0.374 e. The molecule has 1 N–H and O–H groups in total. The summed E-state index contributed by atoms with van der Waals surface area (Å²) < 4.78 is 7.66. The summed E-state index contributed by atoms with van der Waals surface area (Å²) in [5.41, 5.74) is 0. The van der Waals surface area contributed by atoms with E-state index in [1.165, 1.54) is 0 Å². The number of carbonyl (C=O) groups is 1. The van der Waals surface area contributed by atoms with Crippen molar-refractivity contribution in [1.82, 2.24) is 19.6 Å². The van der Waals surface area contributed by atoms with E-state index in [0.29, 0.717) is 6.61 Å². The summed E-state index contributed by atoms with van der Waals surface area (Å²) in [6.45, 7) is 9.25. The lowest BCUT2D eigenvalue weighted by atomic mass is 10.2. The van der Waals surface area contributed by atoms with Gasteiger partial charge in [-0.15, -0.1) is 0 Å². The number of aromatic nitrogens is 2. The summed E-state index contributed by atoms with van der Waals surface area (Å²) in [6, 6.07) is 1.92. The fourth-order valence-electron chi connectivity index (χ4n) is 2.95. The number of amides is 1. The molecule has 1 aliphatic rings. The molecular formula is C17H31N5O2. The van der Waals surface area contributed by atoms with Crippen LogP contribution in [-0.4, -0.2) is 78.0 Å². The number of hydrogen-bond donors (Lipinski definition) is 1. The number of hydrogen-bond acceptors (Lipinski definition) is 5. The zero-order chi connectivity index (χ0) is 17.7. The minimum absolute atomic E-state index is 0.00514. The van der Waals surface area contributed by atoms with Gasteiger partial charge in [0, 0.05) is 25.7 Å². The van der Waals surface area contributed by atoms with E-state index in [-0.39, 0.29) is 24.1 Å². The van der Waals surface area contributed by atoms with Crippen LogP contribution in [0.3, 0.4) is 0 Å². The van der Waals surface area contributed by atoms with Crippen LogP contribution < -0.4 is 5.32 Å². The Labute approximate surface area is 144 Å². The summed E-state index contributed by atoms with van der Waals surface area (Å²) in [7, 11) is 4.07. The molecule has 0 bridgehead atoms. The van der Waals surface area contributed by atoms with Gasteiger partial charge in [0.25, 0.3) is 0 Å². The number of carbonyl (C=O) groups excluding carboxylic acids is 1. The Hall–Kier alpha value is -1.44. The fraction of sp³-hybridized carbons (Fsp3) is 0.765. The van der Waals surface area contributed by atoms with Crippen molar-refractivity contribution < 1.29 is 9.53 Å².